The first kappa shape index (κ1) is 12.3. The van der Waals surface area contributed by atoms with Gasteiger partial charge in [0.15, 0.2) is 0 Å². The van der Waals surface area contributed by atoms with Crippen LogP contribution in [0.3, 0.4) is 0 Å². The summed E-state index contributed by atoms with van der Waals surface area (Å²) in [5.41, 5.74) is 0. The quantitative estimate of drug-likeness (QED) is 0.729. The Kier molecular flexibility index (Phi) is 4.34. The molecular weight excluding hydrogens is 220 g/mol. The average molecular weight is 236 g/mol. The zero-order chi connectivity index (χ0) is 11.3. The Hall–Kier alpha value is -0.820. The molecule has 0 aromatic heterocycles. The van der Waals surface area contributed by atoms with Gasteiger partial charge in [-0.1, -0.05) is 0 Å². The molecule has 2 N–H and O–H groups in total. The summed E-state index contributed by atoms with van der Waals surface area (Å²) in [6.45, 7) is 2.43. The fourth-order valence-corrected chi connectivity index (χ4v) is 2.68. The van der Waals surface area contributed by atoms with Gasteiger partial charge in [-0.3, -0.25) is 5.32 Å². The summed E-state index contributed by atoms with van der Waals surface area (Å²) in [6.07, 6.45) is 1.42. The van der Waals surface area contributed by atoms with E-state index in [0.717, 1.165) is 12.8 Å². The van der Waals surface area contributed by atoms with Crippen LogP contribution in [-0.2, 0) is 14.8 Å². The molecule has 0 aromatic rings. The third kappa shape index (κ3) is 3.67. The van der Waals surface area contributed by atoms with E-state index >= 15 is 0 Å². The Labute approximate surface area is 89.4 Å². The Morgan fingerprint density at radius 2 is 2.27 bits per heavy atom. The van der Waals surface area contributed by atoms with E-state index in [1.54, 1.807) is 6.92 Å². The van der Waals surface area contributed by atoms with Crippen molar-refractivity contribution >= 4 is 16.1 Å². The maximum atomic E-state index is 11.6. The molecule has 1 heterocycles. The molecule has 7 heteroatoms. The maximum Gasteiger partial charge on any atom is 0.420 e. The number of sulfonamides is 1. The largest absolute Gasteiger partial charge is 0.449 e. The predicted molar refractivity (Wildman–Crippen MR) is 54.7 cm³/mol. The lowest BCUT2D eigenvalue weighted by Gasteiger charge is -2.23. The number of carbonyl (C=O) groups is 1. The Balaban J connectivity index is 2.53. The maximum absolute atomic E-state index is 11.6. The molecule has 1 aliphatic rings. The number of carbonyl (C=O) groups excluding carboxylic acids is 1. The van der Waals surface area contributed by atoms with Crippen LogP contribution in [0.15, 0.2) is 0 Å². The molecule has 1 atom stereocenters. The van der Waals surface area contributed by atoms with Crippen molar-refractivity contribution in [3.05, 3.63) is 0 Å². The van der Waals surface area contributed by atoms with Gasteiger partial charge >= 0.3 is 6.09 Å². The molecule has 0 saturated carbocycles. The average Bonchev–Trinajstić information content (AvgIpc) is 2.18. The van der Waals surface area contributed by atoms with Gasteiger partial charge in [0.2, 0.25) is 0 Å². The molecule has 0 aliphatic carbocycles. The van der Waals surface area contributed by atoms with E-state index in [9.17, 15) is 13.2 Å². The SMILES string of the molecule is CCOC(=O)NS(=O)(=O)C1CCCCN1. The lowest BCUT2D eigenvalue weighted by molar-refractivity contribution is 0.158. The Bertz CT molecular complexity index is 309. The minimum absolute atomic E-state index is 0.152. The van der Waals surface area contributed by atoms with Crippen molar-refractivity contribution in [3.63, 3.8) is 0 Å². The molecule has 1 rings (SSSR count). The van der Waals surface area contributed by atoms with Gasteiger partial charge in [-0.15, -0.1) is 0 Å². The van der Waals surface area contributed by atoms with Gasteiger partial charge in [-0.05, 0) is 32.7 Å². The lowest BCUT2D eigenvalue weighted by Crippen LogP contribution is -2.47. The van der Waals surface area contributed by atoms with Crippen molar-refractivity contribution < 1.29 is 17.9 Å². The summed E-state index contributed by atoms with van der Waals surface area (Å²) >= 11 is 0. The van der Waals surface area contributed by atoms with Crippen LogP contribution in [-0.4, -0.2) is 33.0 Å². The number of nitrogens with one attached hydrogen (secondary N) is 2. The number of ether oxygens (including phenoxy) is 1. The highest BCUT2D eigenvalue weighted by Crippen LogP contribution is 2.11. The van der Waals surface area contributed by atoms with Crippen LogP contribution >= 0.6 is 0 Å². The van der Waals surface area contributed by atoms with Gasteiger partial charge in [-0.25, -0.2) is 17.9 Å². The van der Waals surface area contributed by atoms with Crippen LogP contribution in [0.25, 0.3) is 0 Å². The van der Waals surface area contributed by atoms with E-state index in [4.69, 9.17) is 0 Å². The van der Waals surface area contributed by atoms with Crippen LogP contribution in [0.2, 0.25) is 0 Å². The second kappa shape index (κ2) is 5.32. The van der Waals surface area contributed by atoms with Gasteiger partial charge in [0.25, 0.3) is 10.0 Å². The molecule has 1 unspecified atom stereocenters. The predicted octanol–water partition coefficient (Wildman–Crippen LogP) is 0.162. The third-order valence-electron chi connectivity index (χ3n) is 2.14. The number of piperidine rings is 1. The van der Waals surface area contributed by atoms with E-state index < -0.39 is 21.5 Å². The summed E-state index contributed by atoms with van der Waals surface area (Å²) in [7, 11) is -3.64. The molecular formula is C8H16N2O4S. The second-order valence-electron chi connectivity index (χ2n) is 3.31. The van der Waals surface area contributed by atoms with Gasteiger partial charge in [-0.2, -0.15) is 0 Å². The van der Waals surface area contributed by atoms with Crippen LogP contribution in [0.1, 0.15) is 26.2 Å². The standard InChI is InChI=1S/C8H16N2O4S/c1-2-14-8(11)10-15(12,13)7-5-3-4-6-9-7/h7,9H,2-6H2,1H3,(H,10,11). The highest BCUT2D eigenvalue weighted by molar-refractivity contribution is 7.90. The third-order valence-corrected chi connectivity index (χ3v) is 3.74. The fourth-order valence-electron chi connectivity index (χ4n) is 1.43. The van der Waals surface area contributed by atoms with Crippen LogP contribution in [0, 0.1) is 0 Å². The van der Waals surface area contributed by atoms with Crippen molar-refractivity contribution in [1.29, 1.82) is 0 Å². The number of amides is 1. The number of hydrogen-bond donors (Lipinski definition) is 2. The van der Waals surface area contributed by atoms with E-state index in [0.29, 0.717) is 13.0 Å². The first-order chi connectivity index (χ1) is 7.06. The number of hydrogen-bond acceptors (Lipinski definition) is 5. The summed E-state index contributed by atoms with van der Waals surface area (Å²) in [5.74, 6) is 0. The Morgan fingerprint density at radius 3 is 2.80 bits per heavy atom. The van der Waals surface area contributed by atoms with Gasteiger partial charge in [0.05, 0.1) is 6.61 Å². The zero-order valence-electron chi connectivity index (χ0n) is 8.65. The minimum atomic E-state index is -3.64. The van der Waals surface area contributed by atoms with Gasteiger partial charge in [0, 0.05) is 0 Å². The van der Waals surface area contributed by atoms with Crippen molar-refractivity contribution in [2.45, 2.75) is 31.6 Å². The lowest BCUT2D eigenvalue weighted by atomic mass is 10.2. The second-order valence-corrected chi connectivity index (χ2v) is 5.17. The molecule has 6 nitrogen and oxygen atoms in total. The first-order valence-corrected chi connectivity index (χ1v) is 6.52. The summed E-state index contributed by atoms with van der Waals surface area (Å²) < 4.78 is 29.6. The monoisotopic (exact) mass is 236 g/mol. The molecule has 88 valence electrons. The molecule has 15 heavy (non-hydrogen) atoms. The van der Waals surface area contributed by atoms with Crippen LogP contribution in [0.5, 0.6) is 0 Å². The molecule has 1 amide bonds. The molecule has 0 spiro atoms. The molecule has 0 aromatic carbocycles. The minimum Gasteiger partial charge on any atom is -0.449 e. The summed E-state index contributed by atoms with van der Waals surface area (Å²) in [5, 5.41) is 2.16. The molecule has 1 fully saturated rings. The van der Waals surface area contributed by atoms with E-state index in [1.807, 2.05) is 4.72 Å². The zero-order valence-corrected chi connectivity index (χ0v) is 9.47. The first-order valence-electron chi connectivity index (χ1n) is 4.98. The fraction of sp³-hybridized carbons (Fsp3) is 0.875. The summed E-state index contributed by atoms with van der Waals surface area (Å²) in [4.78, 5) is 11.0. The van der Waals surface area contributed by atoms with E-state index in [2.05, 4.69) is 10.1 Å². The van der Waals surface area contributed by atoms with Crippen molar-refractivity contribution in [3.8, 4) is 0 Å². The Morgan fingerprint density at radius 1 is 1.53 bits per heavy atom. The van der Waals surface area contributed by atoms with E-state index in [-0.39, 0.29) is 6.61 Å². The topological polar surface area (TPSA) is 84.5 Å². The van der Waals surface area contributed by atoms with Crippen molar-refractivity contribution in [2.24, 2.45) is 0 Å². The smallest absolute Gasteiger partial charge is 0.420 e. The van der Waals surface area contributed by atoms with Crippen LogP contribution in [0.4, 0.5) is 4.79 Å². The van der Waals surface area contributed by atoms with E-state index in [1.165, 1.54) is 0 Å². The van der Waals surface area contributed by atoms with Gasteiger partial charge in [0.1, 0.15) is 5.37 Å². The highest BCUT2D eigenvalue weighted by Gasteiger charge is 2.28. The number of rotatable bonds is 3. The van der Waals surface area contributed by atoms with Crippen LogP contribution < -0.4 is 10.0 Å². The van der Waals surface area contributed by atoms with Crippen molar-refractivity contribution in [2.75, 3.05) is 13.2 Å². The highest BCUT2D eigenvalue weighted by atomic mass is 32.2. The molecule has 1 aliphatic heterocycles. The molecule has 1 saturated heterocycles. The summed E-state index contributed by atoms with van der Waals surface area (Å²) in [6, 6.07) is 0. The normalized spacial score (nSPS) is 22.1. The molecule has 0 radical (unpaired) electrons. The van der Waals surface area contributed by atoms with Gasteiger partial charge < -0.3 is 4.74 Å². The van der Waals surface area contributed by atoms with Crippen molar-refractivity contribution in [1.82, 2.24) is 10.0 Å². The molecule has 0 bridgehead atoms.